The van der Waals surface area contributed by atoms with E-state index in [1.54, 1.807) is 0 Å². The molecule has 1 aliphatic heterocycles. The van der Waals surface area contributed by atoms with Crippen molar-refractivity contribution in [2.45, 2.75) is 103 Å². The van der Waals surface area contributed by atoms with Gasteiger partial charge in [-0.05, 0) is 107 Å². The summed E-state index contributed by atoms with van der Waals surface area (Å²) in [6, 6.07) is 42.1. The number of nitrogens with zero attached hydrogens (tertiary/aromatic N) is 8. The fourth-order valence-electron chi connectivity index (χ4n) is 9.33. The van der Waals surface area contributed by atoms with Gasteiger partial charge < -0.3 is 9.82 Å². The van der Waals surface area contributed by atoms with Gasteiger partial charge in [-0.25, -0.2) is 9.23 Å². The molecule has 11 nitrogen and oxygen atoms in total. The standard InChI is InChI=1S/C54H58N10OP2/c1-33-20-12-14-22-43(33)58-66(63-47-26-18-15-23-44(47)56-60-63)35(3)38-28-36(52(4,5)6)30-41-50(38)65-51-40(29-37(53(7,8)9)31-42(51)54(41,10)11)39-32-49(39)67(62(59-55)46-25-17-13-21-34(46)2)64-48-27-19-16-24-45(48)57-61-64/h12-31,39,49,55,58H,3,32H2,1-2,4-11H3. The first-order valence-corrected chi connectivity index (χ1v) is 25.6. The van der Waals surface area contributed by atoms with Gasteiger partial charge >= 0.3 is 0 Å². The van der Waals surface area contributed by atoms with Crippen molar-refractivity contribution in [2.24, 2.45) is 5.22 Å². The first-order valence-electron chi connectivity index (χ1n) is 23.0. The second-order valence-corrected chi connectivity index (χ2v) is 24.4. The number of hydrogen-bond donors (Lipinski definition) is 2. The lowest BCUT2D eigenvalue weighted by Gasteiger charge is -2.40. The molecule has 1 saturated carbocycles. The van der Waals surface area contributed by atoms with E-state index in [0.29, 0.717) is 0 Å². The maximum Gasteiger partial charge on any atom is 0.150 e. The van der Waals surface area contributed by atoms with E-state index in [4.69, 9.17) is 27.3 Å². The van der Waals surface area contributed by atoms with Crippen LogP contribution in [0.15, 0.2) is 133 Å². The minimum absolute atomic E-state index is 0.0747. The van der Waals surface area contributed by atoms with Gasteiger partial charge in [0.2, 0.25) is 0 Å². The first kappa shape index (κ1) is 44.6. The summed E-state index contributed by atoms with van der Waals surface area (Å²) in [6.45, 7) is 27.5. The van der Waals surface area contributed by atoms with E-state index < -0.39 is 21.9 Å². The molecule has 2 N–H and O–H groups in total. The second kappa shape index (κ2) is 16.5. The van der Waals surface area contributed by atoms with Gasteiger partial charge in [0, 0.05) is 38.8 Å². The van der Waals surface area contributed by atoms with Crippen molar-refractivity contribution < 1.29 is 4.74 Å². The van der Waals surface area contributed by atoms with Crippen molar-refractivity contribution in [1.82, 2.24) is 29.5 Å². The molecule has 340 valence electrons. The number of para-hydroxylation sites is 4. The van der Waals surface area contributed by atoms with Crippen molar-refractivity contribution in [2.75, 3.05) is 9.87 Å². The summed E-state index contributed by atoms with van der Waals surface area (Å²) in [7, 11) is -2.84. The molecule has 0 spiro atoms. The smallest absolute Gasteiger partial charge is 0.150 e. The van der Waals surface area contributed by atoms with Crippen LogP contribution >= 0.6 is 16.4 Å². The van der Waals surface area contributed by atoms with Crippen LogP contribution in [0.3, 0.4) is 0 Å². The molecule has 1 fully saturated rings. The molecular formula is C54H58N10OP2. The molecule has 0 bridgehead atoms. The van der Waals surface area contributed by atoms with Crippen LogP contribution in [0.5, 0.6) is 11.5 Å². The Morgan fingerprint density at radius 3 is 1.93 bits per heavy atom. The number of nitrogens with one attached hydrogen (secondary N) is 2. The summed E-state index contributed by atoms with van der Waals surface area (Å²) in [5.41, 5.74) is 22.4. The molecule has 4 unspecified atom stereocenters. The quantitative estimate of drug-likeness (QED) is 0.0752. The molecule has 3 heterocycles. The Morgan fingerprint density at radius 1 is 0.746 bits per heavy atom. The van der Waals surface area contributed by atoms with Gasteiger partial charge in [-0.15, -0.1) is 10.2 Å². The van der Waals surface area contributed by atoms with Gasteiger partial charge in [0.05, 0.1) is 16.7 Å². The summed E-state index contributed by atoms with van der Waals surface area (Å²) in [6.07, 6.45) is 0.863. The molecule has 2 aromatic heterocycles. The van der Waals surface area contributed by atoms with Gasteiger partial charge in [-0.1, -0.05) is 156 Å². The molecular weight excluding hydrogens is 867 g/mol. The zero-order valence-corrected chi connectivity index (χ0v) is 41.8. The number of hydrogen-bond acceptors (Lipinski definition) is 8. The summed E-state index contributed by atoms with van der Waals surface area (Å²) in [5.74, 6) is 1.78. The van der Waals surface area contributed by atoms with Crippen molar-refractivity contribution in [3.63, 3.8) is 0 Å². The van der Waals surface area contributed by atoms with Crippen LogP contribution in [0, 0.1) is 19.4 Å². The Kier molecular flexibility index (Phi) is 11.0. The maximum atomic E-state index is 8.72. The SMILES string of the molecule is C=C(c1cc(C(C)(C)C)cc2c1Oc1c(C3CC3P(N(N=N)c3ccccc3C)n3nnc4ccccc43)cc(C(C)(C)C)cc1C2(C)C)P(Nc1ccccc1C)n1nnc2ccccc21. The highest BCUT2D eigenvalue weighted by molar-refractivity contribution is 7.68. The van der Waals surface area contributed by atoms with E-state index in [1.165, 1.54) is 11.1 Å². The van der Waals surface area contributed by atoms with Gasteiger partial charge in [0.1, 0.15) is 30.8 Å². The average Bonchev–Trinajstić information content (AvgIpc) is 3.77. The summed E-state index contributed by atoms with van der Waals surface area (Å²) >= 11 is 0. The predicted molar refractivity (Wildman–Crippen MR) is 276 cm³/mol. The molecule has 10 rings (SSSR count). The van der Waals surface area contributed by atoms with Crippen LogP contribution in [0.25, 0.3) is 27.4 Å². The molecule has 6 aromatic carbocycles. The van der Waals surface area contributed by atoms with E-state index in [2.05, 4.69) is 163 Å². The second-order valence-electron chi connectivity index (χ2n) is 20.6. The van der Waals surface area contributed by atoms with E-state index in [0.717, 1.165) is 90.1 Å². The Bertz CT molecular complexity index is 3250. The molecule has 67 heavy (non-hydrogen) atoms. The Labute approximate surface area is 395 Å². The summed E-state index contributed by atoms with van der Waals surface area (Å²) in [5, 5.41) is 27.9. The van der Waals surface area contributed by atoms with Crippen LogP contribution in [0.1, 0.15) is 112 Å². The lowest BCUT2D eigenvalue weighted by molar-refractivity contribution is 0.409. The summed E-state index contributed by atoms with van der Waals surface area (Å²) in [4.78, 5) is 0. The normalized spacial score (nSPS) is 17.3. The van der Waals surface area contributed by atoms with Crippen molar-refractivity contribution >= 4 is 55.2 Å². The van der Waals surface area contributed by atoms with Crippen molar-refractivity contribution in [3.05, 3.63) is 172 Å². The number of aromatic nitrogens is 6. The van der Waals surface area contributed by atoms with Crippen molar-refractivity contribution in [1.29, 1.82) is 5.53 Å². The topological polar surface area (TPSA) is 122 Å². The zero-order chi connectivity index (χ0) is 47.2. The van der Waals surface area contributed by atoms with E-state index in [-0.39, 0.29) is 22.4 Å². The van der Waals surface area contributed by atoms with Crippen LogP contribution in [0.4, 0.5) is 11.4 Å². The van der Waals surface area contributed by atoms with Crippen LogP contribution in [-0.4, -0.2) is 35.2 Å². The van der Waals surface area contributed by atoms with Gasteiger partial charge in [-0.3, -0.25) is 0 Å². The maximum absolute atomic E-state index is 8.72. The Hall–Kier alpha value is -6.28. The third kappa shape index (κ3) is 7.80. The first-order chi connectivity index (χ1) is 31.9. The van der Waals surface area contributed by atoms with E-state index >= 15 is 0 Å². The highest BCUT2D eigenvalue weighted by Gasteiger charge is 2.52. The van der Waals surface area contributed by atoms with Crippen LogP contribution in [0.2, 0.25) is 0 Å². The van der Waals surface area contributed by atoms with E-state index in [9.17, 15) is 0 Å². The third-order valence-electron chi connectivity index (χ3n) is 13.6. The fourth-order valence-corrected chi connectivity index (χ4v) is 13.8. The Morgan fingerprint density at radius 2 is 1.30 bits per heavy atom. The number of rotatable bonds is 11. The Balaban J connectivity index is 1.15. The van der Waals surface area contributed by atoms with Crippen LogP contribution < -0.4 is 14.6 Å². The lowest BCUT2D eigenvalue weighted by atomic mass is 9.70. The molecule has 0 amide bonds. The molecule has 4 atom stereocenters. The number of benzene rings is 6. The molecule has 2 aliphatic rings. The average molecular weight is 925 g/mol. The largest absolute Gasteiger partial charge is 0.456 e. The third-order valence-corrected chi connectivity index (χ3v) is 18.0. The fraction of sp³-hybridized carbons (Fsp3) is 0.296. The highest BCUT2D eigenvalue weighted by Crippen LogP contribution is 2.68. The minimum Gasteiger partial charge on any atom is -0.456 e. The number of anilines is 2. The molecule has 0 saturated heterocycles. The van der Waals surface area contributed by atoms with Gasteiger partial charge in [0.15, 0.2) is 8.22 Å². The van der Waals surface area contributed by atoms with Crippen molar-refractivity contribution in [3.8, 4) is 11.5 Å². The van der Waals surface area contributed by atoms with E-state index in [1.807, 2.05) is 62.2 Å². The summed E-state index contributed by atoms with van der Waals surface area (Å²) < 4.78 is 13.6. The number of aryl methyl sites for hydroxylation is 2. The monoisotopic (exact) mass is 924 g/mol. The predicted octanol–water partition coefficient (Wildman–Crippen LogP) is 14.9. The van der Waals surface area contributed by atoms with Gasteiger partial charge in [0.25, 0.3) is 0 Å². The molecule has 1 aliphatic carbocycles. The number of ether oxygens (including phenoxy) is 1. The van der Waals surface area contributed by atoms with Crippen LogP contribution in [-0.2, 0) is 16.2 Å². The minimum atomic E-state index is -1.45. The molecule has 8 aromatic rings. The van der Waals surface area contributed by atoms with Gasteiger partial charge in [-0.2, -0.15) is 9.98 Å². The lowest BCUT2D eigenvalue weighted by Crippen LogP contribution is -2.28. The number of fused-ring (bicyclic) bond motifs is 4. The zero-order valence-electron chi connectivity index (χ0n) is 40.0. The highest BCUT2D eigenvalue weighted by atomic mass is 31.1. The molecule has 13 heteroatoms. The molecule has 0 radical (unpaired) electrons.